The smallest absolute Gasteiger partial charge is 0.380 e. The monoisotopic (exact) mass is 521 g/mol. The molecule has 7 nitrogen and oxygen atoms in total. The maximum absolute atomic E-state index is 13.7. The van der Waals surface area contributed by atoms with E-state index < -0.39 is 43.5 Å². The van der Waals surface area contributed by atoms with E-state index in [1.54, 1.807) is 0 Å². The zero-order valence-electron chi connectivity index (χ0n) is 18.8. The first-order valence-corrected chi connectivity index (χ1v) is 10.5. The Morgan fingerprint density at radius 2 is 1.38 bits per heavy atom. The minimum absolute atomic E-state index is 0.00750. The lowest BCUT2D eigenvalue weighted by atomic mass is 10.1. The van der Waals surface area contributed by atoms with E-state index in [2.05, 4.69) is 4.74 Å². The fraction of sp³-hybridized carbons (Fsp3) is 1.00. The van der Waals surface area contributed by atoms with Gasteiger partial charge in [0.15, 0.2) is 0 Å². The second-order valence-electron chi connectivity index (χ2n) is 7.34. The van der Waals surface area contributed by atoms with Gasteiger partial charge in [-0.1, -0.05) is 0 Å². The van der Waals surface area contributed by atoms with Crippen LogP contribution in [-0.2, 0) is 28.4 Å². The van der Waals surface area contributed by atoms with Crippen molar-refractivity contribution in [2.24, 2.45) is 0 Å². The third-order valence-corrected chi connectivity index (χ3v) is 4.69. The number of morpholine rings is 1. The zero-order chi connectivity index (χ0) is 25.7. The van der Waals surface area contributed by atoms with Crippen LogP contribution in [-0.4, -0.2) is 128 Å². The molecule has 0 N–H and O–H groups in total. The summed E-state index contributed by atoms with van der Waals surface area (Å²) in [7, 11) is 1.53. The lowest BCUT2D eigenvalue weighted by molar-refractivity contribution is -0.346. The highest BCUT2D eigenvalue weighted by Crippen LogP contribution is 2.48. The highest BCUT2D eigenvalue weighted by molar-refractivity contribution is 4.97. The molecule has 1 rings (SSSR count). The van der Waals surface area contributed by atoms with Gasteiger partial charge in [0.2, 0.25) is 0 Å². The molecule has 204 valence electrons. The number of ether oxygens (including phenoxy) is 6. The number of rotatable bonds is 19. The molecular weight excluding hydrogens is 490 g/mol. The quantitative estimate of drug-likeness (QED) is 0.191. The Labute approximate surface area is 192 Å². The van der Waals surface area contributed by atoms with Crippen LogP contribution >= 0.6 is 0 Å². The molecule has 0 radical (unpaired) electrons. The van der Waals surface area contributed by atoms with Crippen molar-refractivity contribution in [1.82, 2.24) is 4.90 Å². The number of nitrogens with zero attached hydrogens (tertiary/aromatic N) is 1. The van der Waals surface area contributed by atoms with E-state index in [-0.39, 0.29) is 26.4 Å². The summed E-state index contributed by atoms with van der Waals surface area (Å²) in [5, 5.41) is 0. The fourth-order valence-electron chi connectivity index (χ4n) is 2.75. The topological polar surface area (TPSA) is 58.6 Å². The van der Waals surface area contributed by atoms with E-state index in [1.807, 2.05) is 4.90 Å². The molecule has 0 bridgehead atoms. The van der Waals surface area contributed by atoms with Crippen LogP contribution in [0.1, 0.15) is 0 Å². The lowest BCUT2D eigenvalue weighted by Gasteiger charge is -2.33. The molecule has 0 aromatic rings. The van der Waals surface area contributed by atoms with Crippen molar-refractivity contribution >= 4 is 0 Å². The number of alkyl halides is 8. The molecule has 15 heteroatoms. The largest absolute Gasteiger partial charge is 0.382 e. The minimum Gasteiger partial charge on any atom is -0.382 e. The average Bonchev–Trinajstić information content (AvgIpc) is 2.78. The molecule has 1 aliphatic heterocycles. The third kappa shape index (κ3) is 10.0. The molecule has 0 spiro atoms. The molecule has 0 amide bonds. The van der Waals surface area contributed by atoms with Crippen LogP contribution in [0.4, 0.5) is 35.1 Å². The molecule has 0 aliphatic carbocycles. The van der Waals surface area contributed by atoms with Crippen LogP contribution in [0.25, 0.3) is 0 Å². The molecule has 1 unspecified atom stereocenters. The van der Waals surface area contributed by atoms with E-state index in [0.29, 0.717) is 46.1 Å². The molecule has 1 saturated heterocycles. The van der Waals surface area contributed by atoms with E-state index in [0.717, 1.165) is 0 Å². The SMILES string of the molecule is COCCOCCOCCOC(COCC(F)(F)C(F)(F)C(F)(F)C(F)F)CN1CCOCC1. The van der Waals surface area contributed by atoms with Gasteiger partial charge in [-0.25, -0.2) is 8.78 Å². The Morgan fingerprint density at radius 1 is 0.824 bits per heavy atom. The number of methoxy groups -OCH3 is 1. The van der Waals surface area contributed by atoms with Gasteiger partial charge in [-0.2, -0.15) is 26.3 Å². The number of hydrogen-bond acceptors (Lipinski definition) is 7. The molecule has 0 saturated carbocycles. The van der Waals surface area contributed by atoms with E-state index in [1.165, 1.54) is 7.11 Å². The predicted octanol–water partition coefficient (Wildman–Crippen LogP) is 2.57. The van der Waals surface area contributed by atoms with Crippen molar-refractivity contribution in [3.63, 3.8) is 0 Å². The molecule has 1 heterocycles. The summed E-state index contributed by atoms with van der Waals surface area (Å²) >= 11 is 0. The van der Waals surface area contributed by atoms with E-state index >= 15 is 0 Å². The van der Waals surface area contributed by atoms with Gasteiger partial charge in [-0.05, 0) is 0 Å². The van der Waals surface area contributed by atoms with Crippen LogP contribution in [0.2, 0.25) is 0 Å². The first-order valence-electron chi connectivity index (χ1n) is 10.5. The second kappa shape index (κ2) is 15.3. The standard InChI is InChI=1S/C19H31F8NO6/c1-29-6-7-31-8-9-32-10-11-34-15(12-28-2-4-30-5-3-28)13-33-14-17(22,23)19(26,27)18(24,25)16(20)21/h15-16H,2-14H2,1H3. The van der Waals surface area contributed by atoms with Crippen LogP contribution in [0, 0.1) is 0 Å². The summed E-state index contributed by atoms with van der Waals surface area (Å²) in [4.78, 5) is 1.85. The van der Waals surface area contributed by atoms with Crippen molar-refractivity contribution in [2.45, 2.75) is 30.3 Å². The molecule has 0 aromatic carbocycles. The number of hydrogen-bond donors (Lipinski definition) is 0. The van der Waals surface area contributed by atoms with Crippen LogP contribution in [0.15, 0.2) is 0 Å². The van der Waals surface area contributed by atoms with Gasteiger partial charge >= 0.3 is 24.2 Å². The fourth-order valence-corrected chi connectivity index (χ4v) is 2.75. The van der Waals surface area contributed by atoms with Crippen molar-refractivity contribution in [3.8, 4) is 0 Å². The van der Waals surface area contributed by atoms with E-state index in [9.17, 15) is 35.1 Å². The molecule has 0 aromatic heterocycles. The number of halogens is 8. The Kier molecular flexibility index (Phi) is 14.0. The normalized spacial score (nSPS) is 17.5. The van der Waals surface area contributed by atoms with Crippen molar-refractivity contribution in [2.75, 3.05) is 92.8 Å². The van der Waals surface area contributed by atoms with Gasteiger partial charge < -0.3 is 28.4 Å². The molecule has 1 atom stereocenters. The first kappa shape index (κ1) is 31.2. The van der Waals surface area contributed by atoms with Crippen LogP contribution in [0.5, 0.6) is 0 Å². The second-order valence-corrected chi connectivity index (χ2v) is 7.34. The Hall–Kier alpha value is -0.840. The van der Waals surface area contributed by atoms with Gasteiger partial charge in [0.05, 0.1) is 65.6 Å². The average molecular weight is 521 g/mol. The zero-order valence-corrected chi connectivity index (χ0v) is 18.8. The summed E-state index contributed by atoms with van der Waals surface area (Å²) in [6, 6.07) is 0. The van der Waals surface area contributed by atoms with Gasteiger partial charge in [-0.15, -0.1) is 0 Å². The van der Waals surface area contributed by atoms with Gasteiger partial charge in [0.1, 0.15) is 6.61 Å². The van der Waals surface area contributed by atoms with E-state index in [4.69, 9.17) is 23.7 Å². The Bertz CT molecular complexity index is 541. The van der Waals surface area contributed by atoms with Gasteiger partial charge in [0.25, 0.3) is 0 Å². The predicted molar refractivity (Wildman–Crippen MR) is 102 cm³/mol. The molecular formula is C19H31F8NO6. The molecule has 1 fully saturated rings. The summed E-state index contributed by atoms with van der Waals surface area (Å²) in [6.07, 6.45) is -5.88. The summed E-state index contributed by atoms with van der Waals surface area (Å²) in [5.74, 6) is -18.1. The highest BCUT2D eigenvalue weighted by atomic mass is 19.4. The first-order chi connectivity index (χ1) is 16.0. The summed E-state index contributed by atoms with van der Waals surface area (Å²) < 4.78 is 135. The molecule has 1 aliphatic rings. The summed E-state index contributed by atoms with van der Waals surface area (Å²) in [6.45, 7) is 0.553. The van der Waals surface area contributed by atoms with Crippen LogP contribution < -0.4 is 0 Å². The van der Waals surface area contributed by atoms with Gasteiger partial charge in [-0.3, -0.25) is 4.90 Å². The van der Waals surface area contributed by atoms with Crippen LogP contribution in [0.3, 0.4) is 0 Å². The van der Waals surface area contributed by atoms with Crippen molar-refractivity contribution in [1.29, 1.82) is 0 Å². The third-order valence-electron chi connectivity index (χ3n) is 4.69. The van der Waals surface area contributed by atoms with Crippen molar-refractivity contribution in [3.05, 3.63) is 0 Å². The highest BCUT2D eigenvalue weighted by Gasteiger charge is 2.75. The summed E-state index contributed by atoms with van der Waals surface area (Å²) in [5.41, 5.74) is 0. The Balaban J connectivity index is 2.51. The molecule has 34 heavy (non-hydrogen) atoms. The minimum atomic E-state index is -6.31. The lowest BCUT2D eigenvalue weighted by Crippen LogP contribution is -2.59. The maximum Gasteiger partial charge on any atom is 0.380 e. The Morgan fingerprint density at radius 3 is 1.94 bits per heavy atom. The van der Waals surface area contributed by atoms with Crippen molar-refractivity contribution < 1.29 is 63.5 Å². The van der Waals surface area contributed by atoms with Gasteiger partial charge in [0, 0.05) is 26.7 Å². The maximum atomic E-state index is 13.7.